The number of hydrogen-bond acceptors (Lipinski definition) is 10. The highest BCUT2D eigenvalue weighted by molar-refractivity contribution is 7.54. The second-order valence-electron chi connectivity index (χ2n) is 14.0. The van der Waals surface area contributed by atoms with Crippen LogP contribution in [0.1, 0.15) is 74.8 Å². The largest absolute Gasteiger partial charge is 0.444 e. The van der Waals surface area contributed by atoms with Crippen LogP contribution in [0, 0.1) is 0 Å². The Morgan fingerprint density at radius 1 is 1.09 bits per heavy atom. The molecule has 1 aliphatic heterocycles. The zero-order chi connectivity index (χ0) is 32.5. The quantitative estimate of drug-likeness (QED) is 0.154. The number of imidazole rings is 1. The van der Waals surface area contributed by atoms with Crippen LogP contribution in [0.25, 0.3) is 11.2 Å². The topological polar surface area (TPSA) is 138 Å². The minimum atomic E-state index is -3.73. The van der Waals surface area contributed by atoms with Gasteiger partial charge >= 0.3 is 13.7 Å². The minimum Gasteiger partial charge on any atom is -0.444 e. The molecule has 0 unspecified atom stereocenters. The van der Waals surface area contributed by atoms with Gasteiger partial charge in [0.15, 0.2) is 19.1 Å². The van der Waals surface area contributed by atoms with Gasteiger partial charge in [-0.25, -0.2) is 19.7 Å². The third kappa shape index (κ3) is 8.99. The van der Waals surface area contributed by atoms with Gasteiger partial charge in [-0.3, -0.25) is 4.57 Å². The average molecular weight is 662 g/mol. The zero-order valence-electron chi connectivity index (χ0n) is 27.3. The minimum absolute atomic E-state index is 0.0102. The summed E-state index contributed by atoms with van der Waals surface area (Å²) >= 11 is 6.28. The molecule has 15 heteroatoms. The van der Waals surface area contributed by atoms with E-state index < -0.39 is 50.5 Å². The summed E-state index contributed by atoms with van der Waals surface area (Å²) in [6.45, 7) is 20.9. The average Bonchev–Trinajstić information content (AvgIpc) is 3.43. The van der Waals surface area contributed by atoms with Crippen LogP contribution in [-0.2, 0) is 23.1 Å². The van der Waals surface area contributed by atoms with Gasteiger partial charge in [-0.05, 0) is 73.0 Å². The Hall–Kier alpha value is -1.60. The molecule has 12 nitrogen and oxygen atoms in total. The Balaban J connectivity index is 2.00. The molecule has 3 heterocycles. The van der Waals surface area contributed by atoms with Gasteiger partial charge in [0, 0.05) is 6.54 Å². The molecule has 1 aliphatic rings. The number of carbonyl (C=O) groups excluding carboxylic acids is 1. The van der Waals surface area contributed by atoms with Crippen molar-refractivity contribution in [2.45, 2.75) is 122 Å². The van der Waals surface area contributed by atoms with Gasteiger partial charge in [0.2, 0.25) is 0 Å². The Morgan fingerprint density at radius 2 is 1.70 bits per heavy atom. The first kappa shape index (κ1) is 35.9. The van der Waals surface area contributed by atoms with Crippen molar-refractivity contribution in [3.05, 3.63) is 17.8 Å². The second kappa shape index (κ2) is 13.4. The molecule has 0 bridgehead atoms. The smallest absolute Gasteiger partial charge is 0.410 e. The molecular formula is C28H49ClN5O7PSi. The lowest BCUT2D eigenvalue weighted by Gasteiger charge is -2.40. The number of amides is 1. The monoisotopic (exact) mass is 661 g/mol. The van der Waals surface area contributed by atoms with Gasteiger partial charge in [-0.1, -0.05) is 25.4 Å². The summed E-state index contributed by atoms with van der Waals surface area (Å²) in [4.78, 5) is 38.7. The number of aromatic nitrogens is 4. The molecule has 3 rings (SSSR count). The molecule has 0 aliphatic carbocycles. The van der Waals surface area contributed by atoms with Crippen LogP contribution < -0.4 is 0 Å². The summed E-state index contributed by atoms with van der Waals surface area (Å²) < 4.78 is 40.6. The summed E-state index contributed by atoms with van der Waals surface area (Å²) in [5.74, 6) is 0. The number of rotatable bonds is 12. The summed E-state index contributed by atoms with van der Waals surface area (Å²) in [5.41, 5.74) is -0.416. The van der Waals surface area contributed by atoms with Crippen LogP contribution in [-0.4, -0.2) is 92.9 Å². The first-order valence-corrected chi connectivity index (χ1v) is 19.7. The van der Waals surface area contributed by atoms with Crippen molar-refractivity contribution in [2.24, 2.45) is 0 Å². The van der Waals surface area contributed by atoms with Gasteiger partial charge in [0.25, 0.3) is 0 Å². The van der Waals surface area contributed by atoms with Crippen LogP contribution in [0.5, 0.6) is 0 Å². The van der Waals surface area contributed by atoms with E-state index in [1.165, 1.54) is 6.33 Å². The van der Waals surface area contributed by atoms with Crippen molar-refractivity contribution < 1.29 is 32.7 Å². The fourth-order valence-electron chi connectivity index (χ4n) is 4.85. The van der Waals surface area contributed by atoms with E-state index in [2.05, 4.69) is 15.0 Å². The second-order valence-corrected chi connectivity index (χ2v) is 21.0. The van der Waals surface area contributed by atoms with Crippen LogP contribution in [0.2, 0.25) is 23.3 Å². The number of likely N-dealkylation sites (tertiary alicyclic amines) is 1. The molecule has 1 saturated heterocycles. The maximum Gasteiger partial charge on any atom is 0.410 e. The van der Waals surface area contributed by atoms with Crippen LogP contribution in [0.4, 0.5) is 4.79 Å². The number of ether oxygens (including phenoxy) is 2. The molecule has 0 aromatic carbocycles. The number of halogens is 1. The molecule has 1 N–H and O–H groups in total. The Kier molecular flexibility index (Phi) is 11.2. The number of nitrogens with zero attached hydrogens (tertiary/aromatic N) is 5. The number of fused-ring (bicyclic) bond motifs is 1. The fourth-order valence-corrected chi connectivity index (χ4v) is 8.46. The standard InChI is InChI=1S/C28H49ClN5O7PSi/c1-18(2)40-42(36,41-19(3)4)20(12-28(8,9)43(10,11)37)15-38-22-14-33(26(35)39-27(5,6)7)13-21(22)34-17-32-23-24(29)30-16-31-25(23)34/h16-22,37H,12-15H2,1-11H3/t20-,21-,22-/m1/s1. The molecule has 1 fully saturated rings. The molecule has 1 amide bonds. The predicted molar refractivity (Wildman–Crippen MR) is 169 cm³/mol. The SMILES string of the molecule is CC(C)OP(=O)(OC(C)C)[C@@H](CO[C@@H]1CN(C(=O)OC(C)(C)C)C[C@H]1n1cnc2c(Cl)ncnc21)CC(C)(C)[Si](C)(C)O. The summed E-state index contributed by atoms with van der Waals surface area (Å²) in [5, 5.41) is -0.317. The molecule has 244 valence electrons. The molecule has 2 aromatic rings. The summed E-state index contributed by atoms with van der Waals surface area (Å²) in [6.07, 6.45) is 1.58. The van der Waals surface area contributed by atoms with Crippen molar-refractivity contribution >= 4 is 44.8 Å². The third-order valence-corrected chi connectivity index (χ3v) is 14.1. The van der Waals surface area contributed by atoms with Gasteiger partial charge in [-0.2, -0.15) is 0 Å². The molecule has 43 heavy (non-hydrogen) atoms. The first-order chi connectivity index (χ1) is 19.6. The molecule has 0 spiro atoms. The lowest BCUT2D eigenvalue weighted by molar-refractivity contribution is 0.0152. The molecule has 2 aromatic heterocycles. The molecule has 0 radical (unpaired) electrons. The van der Waals surface area contributed by atoms with Crippen LogP contribution >= 0.6 is 19.2 Å². The van der Waals surface area contributed by atoms with Crippen molar-refractivity contribution in [3.63, 3.8) is 0 Å². The predicted octanol–water partition coefficient (Wildman–Crippen LogP) is 6.44. The van der Waals surface area contributed by atoms with E-state index in [0.717, 1.165) is 0 Å². The van der Waals surface area contributed by atoms with Crippen molar-refractivity contribution in [1.29, 1.82) is 0 Å². The van der Waals surface area contributed by atoms with E-state index in [0.29, 0.717) is 17.6 Å². The van der Waals surface area contributed by atoms with E-state index in [1.54, 1.807) is 11.2 Å². The number of hydrogen-bond donors (Lipinski definition) is 1. The van der Waals surface area contributed by atoms with Gasteiger partial charge < -0.3 is 32.8 Å². The van der Waals surface area contributed by atoms with Gasteiger partial charge in [-0.15, -0.1) is 0 Å². The van der Waals surface area contributed by atoms with Crippen molar-refractivity contribution in [1.82, 2.24) is 24.4 Å². The highest BCUT2D eigenvalue weighted by Gasteiger charge is 2.48. The first-order valence-electron chi connectivity index (χ1n) is 14.7. The normalized spacial score (nSPS) is 19.6. The third-order valence-electron chi connectivity index (χ3n) is 7.63. The fraction of sp³-hybridized carbons (Fsp3) is 0.786. The lowest BCUT2D eigenvalue weighted by atomic mass is 10.1. The number of carbonyl (C=O) groups is 1. The maximum absolute atomic E-state index is 14.5. The lowest BCUT2D eigenvalue weighted by Crippen LogP contribution is -2.42. The van der Waals surface area contributed by atoms with Crippen LogP contribution in [0.15, 0.2) is 12.7 Å². The Bertz CT molecular complexity index is 1300. The van der Waals surface area contributed by atoms with E-state index in [-0.39, 0.29) is 37.1 Å². The zero-order valence-corrected chi connectivity index (χ0v) is 30.0. The highest BCUT2D eigenvalue weighted by Crippen LogP contribution is 2.60. The van der Waals surface area contributed by atoms with Crippen molar-refractivity contribution in [2.75, 3.05) is 19.7 Å². The maximum atomic E-state index is 14.5. The Morgan fingerprint density at radius 3 is 2.23 bits per heavy atom. The summed E-state index contributed by atoms with van der Waals surface area (Å²) in [7, 11) is -6.43. The Labute approximate surface area is 261 Å². The van der Waals surface area contributed by atoms with Crippen molar-refractivity contribution in [3.8, 4) is 0 Å². The van der Waals surface area contributed by atoms with Gasteiger partial charge in [0.1, 0.15) is 17.4 Å². The highest BCUT2D eigenvalue weighted by atomic mass is 35.5. The molecular weight excluding hydrogens is 613 g/mol. The summed E-state index contributed by atoms with van der Waals surface area (Å²) in [6, 6.07) is -0.405. The van der Waals surface area contributed by atoms with Gasteiger partial charge in [0.05, 0.1) is 49.5 Å². The van der Waals surface area contributed by atoms with E-state index in [4.69, 9.17) is 30.1 Å². The van der Waals surface area contributed by atoms with Crippen LogP contribution in [0.3, 0.4) is 0 Å². The van der Waals surface area contributed by atoms with E-state index in [9.17, 15) is 14.2 Å². The molecule has 0 saturated carbocycles. The van der Waals surface area contributed by atoms with E-state index >= 15 is 0 Å². The van der Waals surface area contributed by atoms with E-state index in [1.807, 2.05) is 80.0 Å². The molecule has 3 atom stereocenters.